The SMILES string of the molecule is CCNC(=NCc1cc(F)cc(Br)c1)NCCCN1CCCCCC1=O.I. The first kappa shape index (κ1) is 24.1. The largest absolute Gasteiger partial charge is 0.357 e. The number of nitrogens with one attached hydrogen (secondary N) is 2. The van der Waals surface area contributed by atoms with Crippen LogP contribution in [-0.2, 0) is 11.3 Å². The normalized spacial score (nSPS) is 15.1. The number of amides is 1. The Hall–Kier alpha value is -0.900. The molecule has 5 nitrogen and oxygen atoms in total. The van der Waals surface area contributed by atoms with E-state index in [4.69, 9.17) is 0 Å². The maximum atomic E-state index is 13.4. The summed E-state index contributed by atoms with van der Waals surface area (Å²) in [4.78, 5) is 18.5. The number of carbonyl (C=O) groups excluding carboxylic acids is 1. The van der Waals surface area contributed by atoms with Gasteiger partial charge in [0.05, 0.1) is 6.54 Å². The number of halogens is 3. The molecule has 1 heterocycles. The van der Waals surface area contributed by atoms with Gasteiger partial charge in [-0.1, -0.05) is 22.4 Å². The second-order valence-electron chi connectivity index (χ2n) is 6.44. The molecule has 0 spiro atoms. The molecule has 27 heavy (non-hydrogen) atoms. The summed E-state index contributed by atoms with van der Waals surface area (Å²) in [6, 6.07) is 4.78. The molecule has 1 fully saturated rings. The number of likely N-dealkylation sites (tertiary alicyclic amines) is 1. The van der Waals surface area contributed by atoms with Crippen molar-refractivity contribution < 1.29 is 9.18 Å². The summed E-state index contributed by atoms with van der Waals surface area (Å²) in [5, 5.41) is 6.48. The third-order valence-corrected chi connectivity index (χ3v) is 4.71. The predicted octanol–water partition coefficient (Wildman–Crippen LogP) is 4.05. The highest BCUT2D eigenvalue weighted by atomic mass is 127. The van der Waals surface area contributed by atoms with Crippen molar-refractivity contribution in [1.82, 2.24) is 15.5 Å². The highest BCUT2D eigenvalue weighted by Crippen LogP contribution is 2.15. The van der Waals surface area contributed by atoms with E-state index in [0.717, 1.165) is 57.4 Å². The van der Waals surface area contributed by atoms with Crippen molar-refractivity contribution >= 4 is 51.8 Å². The lowest BCUT2D eigenvalue weighted by molar-refractivity contribution is -0.130. The third kappa shape index (κ3) is 9.23. The molecule has 0 atom stereocenters. The van der Waals surface area contributed by atoms with Gasteiger partial charge < -0.3 is 15.5 Å². The zero-order valence-corrected chi connectivity index (χ0v) is 19.7. The van der Waals surface area contributed by atoms with Crippen LogP contribution in [0.5, 0.6) is 0 Å². The molecule has 2 rings (SSSR count). The molecule has 0 aromatic heterocycles. The average molecular weight is 555 g/mol. The zero-order valence-electron chi connectivity index (χ0n) is 15.8. The summed E-state index contributed by atoms with van der Waals surface area (Å²) in [5.74, 6) is 0.708. The van der Waals surface area contributed by atoms with Crippen molar-refractivity contribution in [2.45, 2.75) is 45.6 Å². The minimum absolute atomic E-state index is 0. The Bertz CT molecular complexity index is 609. The quantitative estimate of drug-likeness (QED) is 0.231. The number of rotatable bonds is 7. The second kappa shape index (κ2) is 13.3. The Morgan fingerprint density at radius 3 is 2.81 bits per heavy atom. The highest BCUT2D eigenvalue weighted by molar-refractivity contribution is 14.0. The van der Waals surface area contributed by atoms with E-state index in [1.54, 1.807) is 0 Å². The summed E-state index contributed by atoms with van der Waals surface area (Å²) in [7, 11) is 0. The van der Waals surface area contributed by atoms with E-state index in [1.807, 2.05) is 17.9 Å². The molecular weight excluding hydrogens is 526 g/mol. The number of guanidine groups is 1. The van der Waals surface area contributed by atoms with Gasteiger partial charge in [0.2, 0.25) is 5.91 Å². The van der Waals surface area contributed by atoms with Gasteiger partial charge in [-0.15, -0.1) is 24.0 Å². The third-order valence-electron chi connectivity index (χ3n) is 4.25. The van der Waals surface area contributed by atoms with E-state index < -0.39 is 0 Å². The van der Waals surface area contributed by atoms with Gasteiger partial charge in [-0.25, -0.2) is 9.38 Å². The van der Waals surface area contributed by atoms with Crippen LogP contribution in [0.1, 0.15) is 44.6 Å². The molecule has 8 heteroatoms. The van der Waals surface area contributed by atoms with Gasteiger partial charge in [-0.3, -0.25) is 4.79 Å². The van der Waals surface area contributed by atoms with Crippen molar-refractivity contribution in [1.29, 1.82) is 0 Å². The maximum Gasteiger partial charge on any atom is 0.222 e. The van der Waals surface area contributed by atoms with E-state index in [1.165, 1.54) is 12.1 Å². The van der Waals surface area contributed by atoms with Crippen LogP contribution in [0.15, 0.2) is 27.7 Å². The molecule has 0 unspecified atom stereocenters. The summed E-state index contributed by atoms with van der Waals surface area (Å²) in [5.41, 5.74) is 0.809. The molecule has 1 aliphatic rings. The summed E-state index contributed by atoms with van der Waals surface area (Å²) in [6.45, 7) is 5.55. The van der Waals surface area contributed by atoms with Gasteiger partial charge in [-0.05, 0) is 49.9 Å². The molecule has 1 aliphatic heterocycles. The number of benzene rings is 1. The second-order valence-corrected chi connectivity index (χ2v) is 7.36. The van der Waals surface area contributed by atoms with Crippen LogP contribution in [0.3, 0.4) is 0 Å². The molecule has 0 bridgehead atoms. The fourth-order valence-corrected chi connectivity index (χ4v) is 3.48. The van der Waals surface area contributed by atoms with Crippen LogP contribution in [0, 0.1) is 5.82 Å². The van der Waals surface area contributed by atoms with Crippen LogP contribution in [0.25, 0.3) is 0 Å². The summed E-state index contributed by atoms with van der Waals surface area (Å²) in [6.07, 6.45) is 4.82. The number of hydrogen-bond acceptors (Lipinski definition) is 2. The summed E-state index contributed by atoms with van der Waals surface area (Å²) < 4.78 is 14.2. The fourth-order valence-electron chi connectivity index (χ4n) is 2.97. The van der Waals surface area contributed by atoms with Crippen molar-refractivity contribution in [2.75, 3.05) is 26.2 Å². The Balaban J connectivity index is 0.00000364. The number of hydrogen-bond donors (Lipinski definition) is 2. The monoisotopic (exact) mass is 554 g/mol. The minimum atomic E-state index is -0.273. The molecule has 1 amide bonds. The van der Waals surface area contributed by atoms with E-state index in [-0.39, 0.29) is 35.7 Å². The van der Waals surface area contributed by atoms with Gasteiger partial charge in [0.25, 0.3) is 0 Å². The van der Waals surface area contributed by atoms with Gasteiger partial charge >= 0.3 is 0 Å². The van der Waals surface area contributed by atoms with Crippen molar-refractivity contribution in [2.24, 2.45) is 4.99 Å². The Morgan fingerprint density at radius 1 is 1.26 bits per heavy atom. The fraction of sp³-hybridized carbons (Fsp3) is 0.579. The molecule has 1 saturated heterocycles. The zero-order chi connectivity index (χ0) is 18.8. The first-order chi connectivity index (χ1) is 12.6. The molecule has 2 N–H and O–H groups in total. The van der Waals surface area contributed by atoms with Gasteiger partial charge in [0.15, 0.2) is 5.96 Å². The van der Waals surface area contributed by atoms with Gasteiger partial charge in [0.1, 0.15) is 5.82 Å². The molecule has 0 aliphatic carbocycles. The lowest BCUT2D eigenvalue weighted by Gasteiger charge is -2.20. The minimum Gasteiger partial charge on any atom is -0.357 e. The van der Waals surface area contributed by atoms with Crippen molar-refractivity contribution in [3.63, 3.8) is 0 Å². The average Bonchev–Trinajstić information content (AvgIpc) is 2.80. The van der Waals surface area contributed by atoms with Crippen molar-refractivity contribution in [3.05, 3.63) is 34.1 Å². The number of aliphatic imine (C=N–C) groups is 1. The van der Waals surface area contributed by atoms with E-state index in [0.29, 0.717) is 23.4 Å². The Labute approximate surface area is 186 Å². The standard InChI is InChI=1S/C19H28BrFN4O.HI/c1-2-22-19(24-14-15-11-16(20)13-17(21)12-15)23-8-6-10-25-9-5-3-4-7-18(25)26;/h11-13H,2-10,14H2,1H3,(H2,22,23,24);1H. The molecule has 0 radical (unpaired) electrons. The molecule has 152 valence electrons. The highest BCUT2D eigenvalue weighted by Gasteiger charge is 2.15. The first-order valence-corrected chi connectivity index (χ1v) is 10.1. The molecule has 1 aromatic rings. The Morgan fingerprint density at radius 2 is 2.07 bits per heavy atom. The molecule has 1 aromatic carbocycles. The first-order valence-electron chi connectivity index (χ1n) is 9.33. The maximum absolute atomic E-state index is 13.4. The van der Waals surface area contributed by atoms with Crippen LogP contribution in [-0.4, -0.2) is 42.9 Å². The van der Waals surface area contributed by atoms with Crippen LogP contribution in [0.2, 0.25) is 0 Å². The lowest BCUT2D eigenvalue weighted by atomic mass is 10.2. The van der Waals surface area contributed by atoms with E-state index in [9.17, 15) is 9.18 Å². The van der Waals surface area contributed by atoms with E-state index >= 15 is 0 Å². The Kier molecular flexibility index (Phi) is 11.9. The molecule has 0 saturated carbocycles. The van der Waals surface area contributed by atoms with Gasteiger partial charge in [-0.2, -0.15) is 0 Å². The predicted molar refractivity (Wildman–Crippen MR) is 122 cm³/mol. The van der Waals surface area contributed by atoms with Crippen LogP contribution in [0.4, 0.5) is 4.39 Å². The number of carbonyl (C=O) groups is 1. The topological polar surface area (TPSA) is 56.7 Å². The van der Waals surface area contributed by atoms with Gasteiger partial charge in [0, 0.05) is 37.1 Å². The van der Waals surface area contributed by atoms with Crippen LogP contribution < -0.4 is 10.6 Å². The molecular formula is C19H29BrFIN4O. The lowest BCUT2D eigenvalue weighted by Crippen LogP contribution is -2.39. The smallest absolute Gasteiger partial charge is 0.222 e. The van der Waals surface area contributed by atoms with Crippen molar-refractivity contribution in [3.8, 4) is 0 Å². The number of nitrogens with zero attached hydrogens (tertiary/aromatic N) is 2. The van der Waals surface area contributed by atoms with E-state index in [2.05, 4.69) is 31.6 Å². The summed E-state index contributed by atoms with van der Waals surface area (Å²) >= 11 is 3.30. The van der Waals surface area contributed by atoms with Crippen LogP contribution >= 0.6 is 39.9 Å².